The third-order valence-electron chi connectivity index (χ3n) is 3.50. The molecule has 3 aromatic carbocycles. The van der Waals surface area contributed by atoms with E-state index in [2.05, 4.69) is 74.5 Å². The fourth-order valence-electron chi connectivity index (χ4n) is 2.45. The molecule has 21 heavy (non-hydrogen) atoms. The summed E-state index contributed by atoms with van der Waals surface area (Å²) in [5, 5.41) is 2.40. The Hall–Kier alpha value is -2.28. The van der Waals surface area contributed by atoms with Gasteiger partial charge in [-0.15, -0.1) is 0 Å². The normalized spacial score (nSPS) is 11.0. The van der Waals surface area contributed by atoms with E-state index >= 15 is 0 Å². The number of rotatable bonds is 4. The van der Waals surface area contributed by atoms with E-state index in [4.69, 9.17) is 4.74 Å². The summed E-state index contributed by atoms with van der Waals surface area (Å²) in [4.78, 5) is 0. The van der Waals surface area contributed by atoms with Crippen LogP contribution in [0.25, 0.3) is 21.9 Å². The maximum absolute atomic E-state index is 6.04. The van der Waals surface area contributed by atoms with E-state index in [1.807, 2.05) is 6.07 Å². The van der Waals surface area contributed by atoms with Crippen LogP contribution in [0.15, 0.2) is 66.7 Å². The molecule has 0 saturated heterocycles. The fraction of sp³-hybridized carbons (Fsp3) is 0.200. The van der Waals surface area contributed by atoms with Gasteiger partial charge in [-0.2, -0.15) is 0 Å². The zero-order chi connectivity index (χ0) is 14.7. The molecule has 1 heteroatoms. The zero-order valence-electron chi connectivity index (χ0n) is 12.5. The van der Waals surface area contributed by atoms with Crippen molar-refractivity contribution >= 4 is 10.8 Å². The molecule has 0 aliphatic rings. The van der Waals surface area contributed by atoms with Crippen LogP contribution in [0.2, 0.25) is 0 Å². The van der Waals surface area contributed by atoms with Crippen molar-refractivity contribution in [3.8, 4) is 16.9 Å². The molecule has 0 aromatic heterocycles. The third-order valence-corrected chi connectivity index (χ3v) is 3.50. The summed E-state index contributed by atoms with van der Waals surface area (Å²) >= 11 is 0. The van der Waals surface area contributed by atoms with Gasteiger partial charge in [0.15, 0.2) is 0 Å². The molecule has 0 N–H and O–H groups in total. The molecule has 3 aromatic rings. The van der Waals surface area contributed by atoms with Crippen molar-refractivity contribution in [3.63, 3.8) is 0 Å². The van der Waals surface area contributed by atoms with Crippen molar-refractivity contribution in [1.29, 1.82) is 0 Å². The first-order chi connectivity index (χ1) is 10.2. The predicted octanol–water partition coefficient (Wildman–Crippen LogP) is 5.54. The number of benzene rings is 3. The predicted molar refractivity (Wildman–Crippen MR) is 89.7 cm³/mol. The van der Waals surface area contributed by atoms with Gasteiger partial charge >= 0.3 is 0 Å². The maximum atomic E-state index is 6.04. The third kappa shape index (κ3) is 3.08. The summed E-state index contributed by atoms with van der Waals surface area (Å²) < 4.78 is 6.04. The first kappa shape index (κ1) is 13.7. The lowest BCUT2D eigenvalue weighted by Crippen LogP contribution is -2.04. The van der Waals surface area contributed by atoms with Crippen LogP contribution in [-0.4, -0.2) is 6.61 Å². The highest BCUT2D eigenvalue weighted by atomic mass is 16.5. The minimum atomic E-state index is 0.518. The molecule has 0 saturated carbocycles. The second-order valence-electron chi connectivity index (χ2n) is 5.77. The largest absolute Gasteiger partial charge is 0.493 e. The van der Waals surface area contributed by atoms with Crippen molar-refractivity contribution in [2.24, 2.45) is 5.92 Å². The van der Waals surface area contributed by atoms with Gasteiger partial charge in [0.05, 0.1) is 6.61 Å². The van der Waals surface area contributed by atoms with E-state index < -0.39 is 0 Å². The van der Waals surface area contributed by atoms with Gasteiger partial charge in [-0.25, -0.2) is 0 Å². The van der Waals surface area contributed by atoms with Crippen LogP contribution in [0.4, 0.5) is 0 Å². The van der Waals surface area contributed by atoms with Crippen molar-refractivity contribution in [3.05, 3.63) is 66.7 Å². The summed E-state index contributed by atoms with van der Waals surface area (Å²) in [6.45, 7) is 5.08. The molecule has 0 aliphatic carbocycles. The summed E-state index contributed by atoms with van der Waals surface area (Å²) in [6, 6.07) is 23.2. The number of hydrogen-bond donors (Lipinski definition) is 0. The number of fused-ring (bicyclic) bond motifs is 1. The molecular formula is C20H20O. The second-order valence-corrected chi connectivity index (χ2v) is 5.77. The quantitative estimate of drug-likeness (QED) is 0.607. The summed E-state index contributed by atoms with van der Waals surface area (Å²) in [7, 11) is 0. The molecule has 0 fully saturated rings. The number of hydrogen-bond acceptors (Lipinski definition) is 1. The molecule has 0 unspecified atom stereocenters. The van der Waals surface area contributed by atoms with Crippen molar-refractivity contribution < 1.29 is 4.74 Å². The topological polar surface area (TPSA) is 9.23 Å². The average Bonchev–Trinajstić information content (AvgIpc) is 2.53. The van der Waals surface area contributed by atoms with Crippen LogP contribution in [0.3, 0.4) is 0 Å². The van der Waals surface area contributed by atoms with Gasteiger partial charge in [-0.1, -0.05) is 68.4 Å². The summed E-state index contributed by atoms with van der Waals surface area (Å²) in [6.07, 6.45) is 0. The van der Waals surface area contributed by atoms with Gasteiger partial charge < -0.3 is 4.74 Å². The summed E-state index contributed by atoms with van der Waals surface area (Å²) in [5.41, 5.74) is 2.42. The lowest BCUT2D eigenvalue weighted by molar-refractivity contribution is 0.274. The van der Waals surface area contributed by atoms with Crippen molar-refractivity contribution in [2.75, 3.05) is 6.61 Å². The molecule has 0 spiro atoms. The molecule has 0 heterocycles. The molecule has 0 aliphatic heterocycles. The van der Waals surface area contributed by atoms with Crippen molar-refractivity contribution in [2.45, 2.75) is 13.8 Å². The van der Waals surface area contributed by atoms with E-state index in [0.717, 1.165) is 12.4 Å². The van der Waals surface area contributed by atoms with E-state index in [9.17, 15) is 0 Å². The number of ether oxygens (including phenoxy) is 1. The molecule has 0 amide bonds. The fourth-order valence-corrected chi connectivity index (χ4v) is 2.45. The molecule has 0 bridgehead atoms. The van der Waals surface area contributed by atoms with Gasteiger partial charge in [-0.05, 0) is 34.6 Å². The second kappa shape index (κ2) is 6.01. The van der Waals surface area contributed by atoms with Gasteiger partial charge in [0.2, 0.25) is 0 Å². The van der Waals surface area contributed by atoms with Crippen LogP contribution in [0.5, 0.6) is 5.75 Å². The van der Waals surface area contributed by atoms with E-state index in [0.29, 0.717) is 5.92 Å². The monoisotopic (exact) mass is 276 g/mol. The van der Waals surface area contributed by atoms with Crippen molar-refractivity contribution in [1.82, 2.24) is 0 Å². The smallest absolute Gasteiger partial charge is 0.127 e. The highest BCUT2D eigenvalue weighted by molar-refractivity contribution is 5.92. The lowest BCUT2D eigenvalue weighted by Gasteiger charge is -2.13. The highest BCUT2D eigenvalue weighted by Gasteiger charge is 2.07. The van der Waals surface area contributed by atoms with Gasteiger partial charge in [0.25, 0.3) is 0 Å². The lowest BCUT2D eigenvalue weighted by atomic mass is 10.0. The Morgan fingerprint density at radius 2 is 1.52 bits per heavy atom. The molecule has 106 valence electrons. The maximum Gasteiger partial charge on any atom is 0.127 e. The van der Waals surface area contributed by atoms with E-state index in [1.54, 1.807) is 0 Å². The first-order valence-electron chi connectivity index (χ1n) is 7.45. The van der Waals surface area contributed by atoms with Gasteiger partial charge in [0.1, 0.15) is 5.75 Å². The molecular weight excluding hydrogens is 256 g/mol. The Balaban J connectivity index is 2.10. The Kier molecular flexibility index (Phi) is 3.92. The zero-order valence-corrected chi connectivity index (χ0v) is 12.5. The van der Waals surface area contributed by atoms with E-state index in [1.165, 1.54) is 21.9 Å². The van der Waals surface area contributed by atoms with Gasteiger partial charge in [-0.3, -0.25) is 0 Å². The molecule has 3 rings (SSSR count). The molecule has 0 radical (unpaired) electrons. The van der Waals surface area contributed by atoms with E-state index in [-0.39, 0.29) is 0 Å². The summed E-state index contributed by atoms with van der Waals surface area (Å²) in [5.74, 6) is 1.49. The molecule has 1 nitrogen and oxygen atoms in total. The van der Waals surface area contributed by atoms with Crippen LogP contribution in [-0.2, 0) is 0 Å². The highest BCUT2D eigenvalue weighted by Crippen LogP contribution is 2.32. The van der Waals surface area contributed by atoms with Crippen LogP contribution >= 0.6 is 0 Å². The Labute approximate surface area is 126 Å². The Morgan fingerprint density at radius 3 is 2.29 bits per heavy atom. The van der Waals surface area contributed by atoms with Gasteiger partial charge in [0, 0.05) is 5.39 Å². The SMILES string of the molecule is CC(C)COc1cc(-c2ccccc2)cc2ccccc12. The minimum Gasteiger partial charge on any atom is -0.493 e. The van der Waals surface area contributed by atoms with Crippen LogP contribution in [0.1, 0.15) is 13.8 Å². The Morgan fingerprint density at radius 1 is 0.810 bits per heavy atom. The van der Waals surface area contributed by atoms with Crippen LogP contribution in [0, 0.1) is 5.92 Å². The molecule has 0 atom stereocenters. The standard InChI is InChI=1S/C20H20O/c1-15(2)14-21-20-13-18(16-8-4-3-5-9-16)12-17-10-6-7-11-19(17)20/h3-13,15H,14H2,1-2H3. The minimum absolute atomic E-state index is 0.518. The first-order valence-corrected chi connectivity index (χ1v) is 7.45. The van der Waals surface area contributed by atoms with Crippen LogP contribution < -0.4 is 4.74 Å². The Bertz CT molecular complexity index is 729. The average molecular weight is 276 g/mol.